The molecule has 1 saturated heterocycles. The summed E-state index contributed by atoms with van der Waals surface area (Å²) in [6.07, 6.45) is 1.98. The fourth-order valence-electron chi connectivity index (χ4n) is 4.24. The predicted octanol–water partition coefficient (Wildman–Crippen LogP) is 7.60. The number of hydrogen-bond acceptors (Lipinski definition) is 4. The lowest BCUT2D eigenvalue weighted by molar-refractivity contribution is -0.123. The number of ether oxygens (including phenoxy) is 1. The monoisotopic (exact) mass is 478 g/mol. The van der Waals surface area contributed by atoms with Crippen LogP contribution in [0, 0.1) is 0 Å². The van der Waals surface area contributed by atoms with Crippen LogP contribution in [0.5, 0.6) is 5.75 Å². The van der Waals surface area contributed by atoms with Crippen LogP contribution in [0.25, 0.3) is 16.8 Å². The van der Waals surface area contributed by atoms with Crippen LogP contribution in [0.3, 0.4) is 0 Å². The summed E-state index contributed by atoms with van der Waals surface area (Å²) >= 11 is 1.42. The van der Waals surface area contributed by atoms with E-state index in [0.717, 1.165) is 33.3 Å². The van der Waals surface area contributed by atoms with Gasteiger partial charge in [-0.1, -0.05) is 78.9 Å². The van der Waals surface area contributed by atoms with Crippen molar-refractivity contribution in [2.75, 3.05) is 6.61 Å². The van der Waals surface area contributed by atoms with Crippen LogP contribution < -0.4 is 4.74 Å². The second kappa shape index (κ2) is 10.2. The Morgan fingerprint density at radius 2 is 1.54 bits per heavy atom. The van der Waals surface area contributed by atoms with Crippen molar-refractivity contribution in [2.45, 2.75) is 19.9 Å². The van der Waals surface area contributed by atoms with E-state index in [0.29, 0.717) is 16.7 Å². The highest BCUT2D eigenvalue weighted by Crippen LogP contribution is 2.40. The normalized spacial score (nSPS) is 16.9. The third-order valence-electron chi connectivity index (χ3n) is 5.99. The summed E-state index contributed by atoms with van der Waals surface area (Å²) in [7, 11) is 0. The molecule has 174 valence electrons. The number of nitrogens with zero attached hydrogens (tertiary/aromatic N) is 2. The summed E-state index contributed by atoms with van der Waals surface area (Å²) in [6, 6.07) is 31.8. The fourth-order valence-corrected chi connectivity index (χ4v) is 5.30. The zero-order valence-corrected chi connectivity index (χ0v) is 20.5. The lowest BCUT2D eigenvalue weighted by Gasteiger charge is -2.24. The quantitative estimate of drug-likeness (QED) is 0.268. The first kappa shape index (κ1) is 22.9. The van der Waals surface area contributed by atoms with E-state index in [1.54, 1.807) is 4.90 Å². The molecule has 0 spiro atoms. The average Bonchev–Trinajstić information content (AvgIpc) is 3.20. The highest BCUT2D eigenvalue weighted by molar-refractivity contribution is 8.18. The Hall–Kier alpha value is -3.83. The number of rotatable bonds is 6. The third kappa shape index (κ3) is 4.73. The van der Waals surface area contributed by atoms with Gasteiger partial charge in [-0.05, 0) is 66.4 Å². The van der Waals surface area contributed by atoms with Gasteiger partial charge in [-0.15, -0.1) is 0 Å². The summed E-state index contributed by atoms with van der Waals surface area (Å²) < 4.78 is 5.83. The predicted molar refractivity (Wildman–Crippen MR) is 146 cm³/mol. The molecule has 4 nitrogen and oxygen atoms in total. The number of aliphatic imine (C=N–C) groups is 1. The Balaban J connectivity index is 1.59. The van der Waals surface area contributed by atoms with Crippen LogP contribution in [0.1, 0.15) is 31.0 Å². The number of carbonyl (C=O) groups is 1. The number of amides is 1. The lowest BCUT2D eigenvalue weighted by Crippen LogP contribution is -2.32. The van der Waals surface area contributed by atoms with Crippen LogP contribution in [0.15, 0.2) is 107 Å². The van der Waals surface area contributed by atoms with E-state index < -0.39 is 0 Å². The van der Waals surface area contributed by atoms with Crippen LogP contribution in [-0.2, 0) is 4.79 Å². The molecule has 0 aromatic heterocycles. The summed E-state index contributed by atoms with van der Waals surface area (Å²) in [5, 5.41) is 2.77. The van der Waals surface area contributed by atoms with Gasteiger partial charge in [0.15, 0.2) is 5.17 Å². The van der Waals surface area contributed by atoms with Gasteiger partial charge in [0, 0.05) is 5.39 Å². The molecule has 0 aliphatic carbocycles. The highest BCUT2D eigenvalue weighted by atomic mass is 32.2. The Morgan fingerprint density at radius 1 is 0.886 bits per heavy atom. The SMILES string of the molecule is CCOc1ccc(/C=C2/SC(=Nc3ccccc3)N([C@H](C)c3ccccc3)C2=O)c2ccccc12. The summed E-state index contributed by atoms with van der Waals surface area (Å²) in [6.45, 7) is 4.63. The zero-order chi connectivity index (χ0) is 24.2. The second-order valence-electron chi connectivity index (χ2n) is 8.23. The van der Waals surface area contributed by atoms with E-state index in [-0.39, 0.29) is 11.9 Å². The summed E-state index contributed by atoms with van der Waals surface area (Å²) in [5.41, 5.74) is 2.86. The topological polar surface area (TPSA) is 41.9 Å². The molecular weight excluding hydrogens is 452 g/mol. The average molecular weight is 479 g/mol. The molecule has 1 heterocycles. The molecule has 0 bridgehead atoms. The standard InChI is InChI=1S/C30H26N2O2S/c1-3-34-27-19-18-23(25-16-10-11-17-26(25)27)20-28-29(33)32(21(2)22-12-6-4-7-13-22)30(35-28)31-24-14-8-5-9-15-24/h4-21H,3H2,1-2H3/b28-20+,31-30?/t21-/m1/s1. The number of carbonyl (C=O) groups excluding carboxylic acids is 1. The minimum atomic E-state index is -0.151. The van der Waals surface area contributed by atoms with Crippen molar-refractivity contribution in [3.63, 3.8) is 0 Å². The minimum Gasteiger partial charge on any atom is -0.493 e. The molecule has 1 aliphatic rings. The van der Waals surface area contributed by atoms with Gasteiger partial charge in [0.25, 0.3) is 5.91 Å². The maximum absolute atomic E-state index is 13.8. The van der Waals surface area contributed by atoms with Gasteiger partial charge >= 0.3 is 0 Å². The van der Waals surface area contributed by atoms with E-state index in [4.69, 9.17) is 9.73 Å². The molecule has 1 fully saturated rings. The molecule has 35 heavy (non-hydrogen) atoms. The fraction of sp³-hybridized carbons (Fsp3) is 0.133. The first-order chi connectivity index (χ1) is 17.2. The van der Waals surface area contributed by atoms with Gasteiger partial charge in [-0.2, -0.15) is 0 Å². The van der Waals surface area contributed by atoms with E-state index in [9.17, 15) is 4.79 Å². The van der Waals surface area contributed by atoms with Crippen molar-refractivity contribution in [3.05, 3.63) is 113 Å². The van der Waals surface area contributed by atoms with Gasteiger partial charge in [0.1, 0.15) is 5.75 Å². The van der Waals surface area contributed by atoms with Gasteiger partial charge in [-0.25, -0.2) is 4.99 Å². The van der Waals surface area contributed by atoms with Crippen molar-refractivity contribution in [1.29, 1.82) is 0 Å². The van der Waals surface area contributed by atoms with Crippen LogP contribution in [0.2, 0.25) is 0 Å². The largest absolute Gasteiger partial charge is 0.493 e. The Labute approximate surface area is 210 Å². The second-order valence-corrected chi connectivity index (χ2v) is 9.24. The first-order valence-corrected chi connectivity index (χ1v) is 12.5. The number of para-hydroxylation sites is 1. The zero-order valence-electron chi connectivity index (χ0n) is 19.7. The number of amidine groups is 1. The molecule has 4 aromatic carbocycles. The minimum absolute atomic E-state index is 0.0426. The smallest absolute Gasteiger partial charge is 0.267 e. The molecule has 5 heteroatoms. The molecule has 5 rings (SSSR count). The van der Waals surface area contributed by atoms with Gasteiger partial charge < -0.3 is 4.74 Å². The first-order valence-electron chi connectivity index (χ1n) is 11.7. The number of benzene rings is 4. The maximum Gasteiger partial charge on any atom is 0.267 e. The van der Waals surface area contributed by atoms with E-state index in [1.165, 1.54) is 11.8 Å². The molecular formula is C30H26N2O2S. The number of hydrogen-bond donors (Lipinski definition) is 0. The molecule has 0 saturated carbocycles. The van der Waals surface area contributed by atoms with E-state index >= 15 is 0 Å². The van der Waals surface area contributed by atoms with Crippen LogP contribution >= 0.6 is 11.8 Å². The van der Waals surface area contributed by atoms with Gasteiger partial charge in [0.05, 0.1) is 23.2 Å². The Kier molecular flexibility index (Phi) is 6.68. The molecule has 0 radical (unpaired) electrons. The third-order valence-corrected chi connectivity index (χ3v) is 6.97. The van der Waals surface area contributed by atoms with Crippen molar-refractivity contribution in [1.82, 2.24) is 4.90 Å². The van der Waals surface area contributed by atoms with E-state index in [2.05, 4.69) is 12.1 Å². The molecule has 4 aromatic rings. The number of thioether (sulfide) groups is 1. The van der Waals surface area contributed by atoms with Crippen molar-refractivity contribution < 1.29 is 9.53 Å². The number of fused-ring (bicyclic) bond motifs is 1. The van der Waals surface area contributed by atoms with Gasteiger partial charge in [0.2, 0.25) is 0 Å². The Bertz CT molecular complexity index is 1410. The molecule has 1 atom stereocenters. The maximum atomic E-state index is 13.8. The molecule has 1 aliphatic heterocycles. The summed E-state index contributed by atoms with van der Waals surface area (Å²) in [4.78, 5) is 21.1. The highest BCUT2D eigenvalue weighted by Gasteiger charge is 2.37. The van der Waals surface area contributed by atoms with Gasteiger partial charge in [-0.3, -0.25) is 9.69 Å². The van der Waals surface area contributed by atoms with Crippen LogP contribution in [0.4, 0.5) is 5.69 Å². The van der Waals surface area contributed by atoms with Crippen molar-refractivity contribution in [3.8, 4) is 5.75 Å². The molecule has 0 N–H and O–H groups in total. The van der Waals surface area contributed by atoms with Crippen LogP contribution in [-0.4, -0.2) is 22.6 Å². The van der Waals surface area contributed by atoms with Crippen molar-refractivity contribution in [2.24, 2.45) is 4.99 Å². The van der Waals surface area contributed by atoms with E-state index in [1.807, 2.05) is 105 Å². The summed E-state index contributed by atoms with van der Waals surface area (Å²) in [5.74, 6) is 0.806. The van der Waals surface area contributed by atoms with Crippen molar-refractivity contribution >= 4 is 45.4 Å². The Morgan fingerprint density at radius 3 is 2.26 bits per heavy atom. The molecule has 1 amide bonds. The lowest BCUT2D eigenvalue weighted by atomic mass is 10.0. The molecule has 0 unspecified atom stereocenters.